The van der Waals surface area contributed by atoms with E-state index in [2.05, 4.69) is 21.6 Å². The van der Waals surface area contributed by atoms with E-state index in [4.69, 9.17) is 0 Å². The predicted molar refractivity (Wildman–Crippen MR) is 135 cm³/mol. The van der Waals surface area contributed by atoms with Gasteiger partial charge in [-0.05, 0) is 48.4 Å². The van der Waals surface area contributed by atoms with Crippen LogP contribution in [0, 0.1) is 5.82 Å². The zero-order valence-corrected chi connectivity index (χ0v) is 20.7. The number of hydrogen-bond acceptors (Lipinski definition) is 6. The van der Waals surface area contributed by atoms with Crippen LogP contribution in [0.4, 0.5) is 8.78 Å². The van der Waals surface area contributed by atoms with Gasteiger partial charge in [0.2, 0.25) is 11.8 Å². The van der Waals surface area contributed by atoms with E-state index >= 15 is 0 Å². The molecule has 1 saturated carbocycles. The fraction of sp³-hybridized carbons (Fsp3) is 0.407. The molecule has 0 bridgehead atoms. The Kier molecular flexibility index (Phi) is 7.27. The van der Waals surface area contributed by atoms with E-state index in [0.29, 0.717) is 16.9 Å². The van der Waals surface area contributed by atoms with Gasteiger partial charge in [-0.3, -0.25) is 20.0 Å². The smallest absolute Gasteiger partial charge is 0.243 e. The molecule has 0 aromatic heterocycles. The van der Waals surface area contributed by atoms with Crippen LogP contribution < -0.4 is 21.6 Å². The Morgan fingerprint density at radius 1 is 1.14 bits per heavy atom. The second kappa shape index (κ2) is 10.8. The van der Waals surface area contributed by atoms with Crippen LogP contribution in [0.1, 0.15) is 54.8 Å². The number of likely N-dealkylation sites (tertiary alicyclic amines) is 1. The van der Waals surface area contributed by atoms with E-state index in [9.17, 15) is 18.4 Å². The summed E-state index contributed by atoms with van der Waals surface area (Å²) in [5.74, 6) is -0.259. The Hall–Kier alpha value is -3.66. The van der Waals surface area contributed by atoms with Crippen molar-refractivity contribution in [1.82, 2.24) is 31.5 Å². The Morgan fingerprint density at radius 2 is 1.92 bits per heavy atom. The van der Waals surface area contributed by atoms with Gasteiger partial charge in [-0.25, -0.2) is 8.78 Å². The SMILES string of the molecule is CCN1C=C(NCC(=O)N2C[C@H](F)C[C@H]2C(=O)N[C@@H](c2ccccc2)c2ccc(C3CC3)c(F)c2)NN1. The molecule has 0 radical (unpaired) electrons. The van der Waals surface area contributed by atoms with Gasteiger partial charge in [-0.15, -0.1) is 5.53 Å². The Balaban J connectivity index is 1.31. The number of halogens is 2. The second-order valence-electron chi connectivity index (χ2n) is 9.72. The van der Waals surface area contributed by atoms with Gasteiger partial charge in [0, 0.05) is 13.0 Å². The first-order valence-electron chi connectivity index (χ1n) is 12.7. The minimum Gasteiger partial charge on any atom is -0.360 e. The standard InChI is InChI=1S/C27H32F2N6O2/c1-2-34-16-24(32-33-34)30-14-25(36)35-15-20(28)13-23(35)27(37)31-26(18-6-4-3-5-7-18)19-10-11-21(17-8-9-17)22(29)12-19/h3-7,10-12,16-17,20,23,26,30,32-33H,2,8-9,13-15H2,1H3,(H,31,37)/t20-,23+,26+/m1/s1. The summed E-state index contributed by atoms with van der Waals surface area (Å²) in [7, 11) is 0. The van der Waals surface area contributed by atoms with Gasteiger partial charge in [-0.1, -0.05) is 42.5 Å². The number of nitrogens with one attached hydrogen (secondary N) is 4. The van der Waals surface area contributed by atoms with Crippen LogP contribution in [0.25, 0.3) is 0 Å². The highest BCUT2D eigenvalue weighted by Crippen LogP contribution is 2.42. The average Bonchev–Trinajstić information content (AvgIpc) is 3.50. The van der Waals surface area contributed by atoms with Crippen LogP contribution in [-0.4, -0.2) is 53.6 Å². The number of hydrazine groups is 2. The highest BCUT2D eigenvalue weighted by Gasteiger charge is 2.40. The zero-order chi connectivity index (χ0) is 25.9. The molecule has 1 aliphatic carbocycles. The predicted octanol–water partition coefficient (Wildman–Crippen LogP) is 2.58. The van der Waals surface area contributed by atoms with E-state index in [1.54, 1.807) is 17.3 Å². The van der Waals surface area contributed by atoms with Crippen molar-refractivity contribution in [3.8, 4) is 0 Å². The molecule has 37 heavy (non-hydrogen) atoms. The maximum Gasteiger partial charge on any atom is 0.243 e. The van der Waals surface area contributed by atoms with Gasteiger partial charge >= 0.3 is 0 Å². The molecule has 2 aromatic carbocycles. The number of nitrogens with zero attached hydrogens (tertiary/aromatic N) is 2. The Morgan fingerprint density at radius 3 is 2.59 bits per heavy atom. The molecule has 2 fully saturated rings. The van der Waals surface area contributed by atoms with Crippen molar-refractivity contribution in [2.75, 3.05) is 19.6 Å². The van der Waals surface area contributed by atoms with Gasteiger partial charge in [0.15, 0.2) is 0 Å². The number of rotatable bonds is 9. The zero-order valence-electron chi connectivity index (χ0n) is 20.7. The van der Waals surface area contributed by atoms with Crippen LogP contribution in [0.3, 0.4) is 0 Å². The highest BCUT2D eigenvalue weighted by atomic mass is 19.1. The molecule has 0 spiro atoms. The monoisotopic (exact) mass is 510 g/mol. The Labute approximate surface area is 215 Å². The molecule has 3 atom stereocenters. The molecular formula is C27H32F2N6O2. The van der Waals surface area contributed by atoms with E-state index in [-0.39, 0.29) is 37.2 Å². The van der Waals surface area contributed by atoms with E-state index < -0.39 is 24.2 Å². The lowest BCUT2D eigenvalue weighted by Crippen LogP contribution is -2.49. The Bertz CT molecular complexity index is 1170. The van der Waals surface area contributed by atoms with Gasteiger partial charge in [0.05, 0.1) is 25.3 Å². The molecule has 3 aliphatic rings. The summed E-state index contributed by atoms with van der Waals surface area (Å²) in [5.41, 5.74) is 7.88. The van der Waals surface area contributed by atoms with Crippen molar-refractivity contribution in [3.63, 3.8) is 0 Å². The van der Waals surface area contributed by atoms with Crippen molar-refractivity contribution in [1.29, 1.82) is 0 Å². The van der Waals surface area contributed by atoms with Crippen LogP contribution in [0.5, 0.6) is 0 Å². The molecule has 1 saturated heterocycles. The summed E-state index contributed by atoms with van der Waals surface area (Å²) in [6.07, 6.45) is 2.37. The first-order valence-corrected chi connectivity index (χ1v) is 12.7. The summed E-state index contributed by atoms with van der Waals surface area (Å²) in [6, 6.07) is 12.8. The molecule has 10 heteroatoms. The topological polar surface area (TPSA) is 88.7 Å². The number of hydrogen-bond donors (Lipinski definition) is 4. The minimum atomic E-state index is -1.30. The average molecular weight is 511 g/mol. The second-order valence-corrected chi connectivity index (χ2v) is 9.72. The summed E-state index contributed by atoms with van der Waals surface area (Å²) in [4.78, 5) is 27.7. The number of amides is 2. The maximum absolute atomic E-state index is 14.9. The van der Waals surface area contributed by atoms with E-state index in [1.165, 1.54) is 11.0 Å². The van der Waals surface area contributed by atoms with Crippen molar-refractivity contribution in [2.24, 2.45) is 0 Å². The van der Waals surface area contributed by atoms with E-state index in [0.717, 1.165) is 24.9 Å². The fourth-order valence-corrected chi connectivity index (χ4v) is 4.89. The third kappa shape index (κ3) is 5.69. The van der Waals surface area contributed by atoms with Crippen LogP contribution in [0.15, 0.2) is 60.6 Å². The first kappa shape index (κ1) is 25.0. The van der Waals surface area contributed by atoms with E-state index in [1.807, 2.05) is 43.3 Å². The van der Waals surface area contributed by atoms with Crippen molar-refractivity contribution in [2.45, 2.75) is 50.4 Å². The first-order chi connectivity index (χ1) is 17.9. The number of carbonyl (C=O) groups is 2. The van der Waals surface area contributed by atoms with Crippen molar-refractivity contribution < 1.29 is 18.4 Å². The third-order valence-electron chi connectivity index (χ3n) is 7.06. The lowest BCUT2D eigenvalue weighted by molar-refractivity contribution is -0.138. The quantitative estimate of drug-likeness (QED) is 0.415. The fourth-order valence-electron chi connectivity index (χ4n) is 4.89. The van der Waals surface area contributed by atoms with Crippen LogP contribution in [0.2, 0.25) is 0 Å². The molecule has 2 amide bonds. The molecular weight excluding hydrogens is 478 g/mol. The number of alkyl halides is 1. The largest absolute Gasteiger partial charge is 0.360 e. The molecule has 2 aromatic rings. The lowest BCUT2D eigenvalue weighted by Gasteiger charge is -2.27. The molecule has 196 valence electrons. The third-order valence-corrected chi connectivity index (χ3v) is 7.06. The highest BCUT2D eigenvalue weighted by molar-refractivity contribution is 5.89. The minimum absolute atomic E-state index is 0.0832. The summed E-state index contributed by atoms with van der Waals surface area (Å²) in [6.45, 7) is 2.45. The maximum atomic E-state index is 14.9. The number of carbonyl (C=O) groups excluding carboxylic acids is 2. The van der Waals surface area contributed by atoms with Gasteiger partial charge in [0.1, 0.15) is 23.9 Å². The van der Waals surface area contributed by atoms with Crippen molar-refractivity contribution >= 4 is 11.8 Å². The lowest BCUT2D eigenvalue weighted by atomic mass is 9.96. The van der Waals surface area contributed by atoms with Crippen molar-refractivity contribution in [3.05, 3.63) is 83.1 Å². The molecule has 0 unspecified atom stereocenters. The normalized spacial score (nSPS) is 21.9. The van der Waals surface area contributed by atoms with Gasteiger partial charge in [-0.2, -0.15) is 0 Å². The summed E-state index contributed by atoms with van der Waals surface area (Å²) >= 11 is 0. The van der Waals surface area contributed by atoms with Crippen LogP contribution >= 0.6 is 0 Å². The molecule has 4 N–H and O–H groups in total. The molecule has 2 heterocycles. The van der Waals surface area contributed by atoms with Crippen LogP contribution in [-0.2, 0) is 9.59 Å². The van der Waals surface area contributed by atoms with Gasteiger partial charge in [0.25, 0.3) is 0 Å². The molecule has 2 aliphatic heterocycles. The molecule has 5 rings (SSSR count). The summed E-state index contributed by atoms with van der Waals surface area (Å²) in [5, 5.41) is 7.74. The number of benzene rings is 2. The molecule has 8 nitrogen and oxygen atoms in total. The van der Waals surface area contributed by atoms with Gasteiger partial charge < -0.3 is 15.5 Å². The summed E-state index contributed by atoms with van der Waals surface area (Å²) < 4.78 is 29.4.